The Morgan fingerprint density at radius 1 is 1.09 bits per heavy atom. The largest absolute Gasteiger partial charge is 0.361 e. The van der Waals surface area contributed by atoms with Gasteiger partial charge in [-0.1, -0.05) is 0 Å². The van der Waals surface area contributed by atoms with E-state index < -0.39 is 0 Å². The molecule has 0 aliphatic carbocycles. The molecule has 4 rings (SSSR count). The topological polar surface area (TPSA) is 73.6 Å². The van der Waals surface area contributed by atoms with Gasteiger partial charge in [0.2, 0.25) is 0 Å². The molecule has 4 aromatic rings. The summed E-state index contributed by atoms with van der Waals surface area (Å²) in [7, 11) is 0. The van der Waals surface area contributed by atoms with Gasteiger partial charge in [0.25, 0.3) is 5.91 Å². The molecule has 0 fully saturated rings. The fraction of sp³-hybridized carbons (Fsp3) is 0.0588. The average Bonchev–Trinajstić information content (AvgIpc) is 3.10. The van der Waals surface area contributed by atoms with Gasteiger partial charge < -0.3 is 15.3 Å². The number of carbonyl (C=O) groups excluding carboxylic acids is 1. The lowest BCUT2D eigenvalue weighted by Gasteiger charge is -2.05. The molecule has 108 valence electrons. The summed E-state index contributed by atoms with van der Waals surface area (Å²) in [5, 5.41) is 3.94. The Hall–Kier alpha value is -3.08. The average molecular weight is 290 g/mol. The van der Waals surface area contributed by atoms with E-state index in [4.69, 9.17) is 0 Å². The monoisotopic (exact) mass is 290 g/mol. The van der Waals surface area contributed by atoms with Gasteiger partial charge in [0, 0.05) is 28.4 Å². The van der Waals surface area contributed by atoms with Gasteiger partial charge in [-0.05, 0) is 49.4 Å². The van der Waals surface area contributed by atoms with Crippen LogP contribution in [0.4, 0.5) is 5.69 Å². The van der Waals surface area contributed by atoms with Gasteiger partial charge in [-0.3, -0.25) is 4.79 Å². The van der Waals surface area contributed by atoms with Crippen LogP contribution in [0, 0.1) is 6.92 Å². The molecule has 5 nitrogen and oxygen atoms in total. The maximum absolute atomic E-state index is 12.4. The standard InChI is InChI=1S/C17H14N4O/c1-10-19-15-5-3-13(9-16(15)20-10)21-17(22)12-2-4-14-11(8-12)6-7-18-14/h2-9,18H,1H3,(H,19,20)(H,21,22). The van der Waals surface area contributed by atoms with Crippen LogP contribution in [-0.4, -0.2) is 20.9 Å². The number of hydrogen-bond acceptors (Lipinski definition) is 2. The minimum absolute atomic E-state index is 0.126. The Morgan fingerprint density at radius 2 is 2.00 bits per heavy atom. The summed E-state index contributed by atoms with van der Waals surface area (Å²) < 4.78 is 0. The molecule has 0 saturated carbocycles. The van der Waals surface area contributed by atoms with Crippen LogP contribution in [0.2, 0.25) is 0 Å². The number of amides is 1. The predicted molar refractivity (Wildman–Crippen MR) is 87.1 cm³/mol. The molecule has 2 heterocycles. The summed E-state index contributed by atoms with van der Waals surface area (Å²) in [4.78, 5) is 23.0. The number of rotatable bonds is 2. The van der Waals surface area contributed by atoms with Crippen LogP contribution < -0.4 is 5.32 Å². The highest BCUT2D eigenvalue weighted by molar-refractivity contribution is 6.06. The molecular weight excluding hydrogens is 276 g/mol. The number of aromatic nitrogens is 3. The fourth-order valence-corrected chi connectivity index (χ4v) is 2.61. The number of anilines is 1. The first kappa shape index (κ1) is 12.6. The Labute approximate surface area is 126 Å². The van der Waals surface area contributed by atoms with E-state index in [1.807, 2.05) is 55.6 Å². The Balaban J connectivity index is 1.64. The maximum atomic E-state index is 12.4. The van der Waals surface area contributed by atoms with Crippen LogP contribution in [0.3, 0.4) is 0 Å². The van der Waals surface area contributed by atoms with Gasteiger partial charge in [0.15, 0.2) is 0 Å². The minimum Gasteiger partial charge on any atom is -0.361 e. The van der Waals surface area contributed by atoms with Crippen molar-refractivity contribution in [2.75, 3.05) is 5.32 Å². The third-order valence-electron chi connectivity index (χ3n) is 3.67. The van der Waals surface area contributed by atoms with E-state index in [1.54, 1.807) is 0 Å². The highest BCUT2D eigenvalue weighted by Gasteiger charge is 2.08. The van der Waals surface area contributed by atoms with Crippen molar-refractivity contribution in [1.29, 1.82) is 0 Å². The van der Waals surface area contributed by atoms with Crippen LogP contribution >= 0.6 is 0 Å². The number of imidazole rings is 1. The van der Waals surface area contributed by atoms with E-state index in [1.165, 1.54) is 0 Å². The molecule has 0 atom stereocenters. The highest BCUT2D eigenvalue weighted by Crippen LogP contribution is 2.19. The molecule has 3 N–H and O–H groups in total. The molecular formula is C17H14N4O. The number of fused-ring (bicyclic) bond motifs is 2. The number of H-pyrrole nitrogens is 2. The molecule has 0 aliphatic heterocycles. The normalized spacial score (nSPS) is 11.1. The predicted octanol–water partition coefficient (Wildman–Crippen LogP) is 3.60. The van der Waals surface area contributed by atoms with Crippen molar-refractivity contribution in [2.24, 2.45) is 0 Å². The van der Waals surface area contributed by atoms with Crippen LogP contribution in [-0.2, 0) is 0 Å². The van der Waals surface area contributed by atoms with Crippen molar-refractivity contribution in [3.05, 3.63) is 60.0 Å². The SMILES string of the molecule is Cc1nc2ccc(NC(=O)c3ccc4[nH]ccc4c3)cc2[nH]1. The minimum atomic E-state index is -0.126. The molecule has 2 aromatic carbocycles. The van der Waals surface area contributed by atoms with E-state index in [0.29, 0.717) is 5.56 Å². The lowest BCUT2D eigenvalue weighted by atomic mass is 10.1. The number of hydrogen-bond donors (Lipinski definition) is 3. The van der Waals surface area contributed by atoms with Gasteiger partial charge in [-0.2, -0.15) is 0 Å². The van der Waals surface area contributed by atoms with Crippen molar-refractivity contribution in [1.82, 2.24) is 15.0 Å². The van der Waals surface area contributed by atoms with Crippen LogP contribution in [0.1, 0.15) is 16.2 Å². The van der Waals surface area contributed by atoms with E-state index in [9.17, 15) is 4.79 Å². The second kappa shape index (κ2) is 4.73. The summed E-state index contributed by atoms with van der Waals surface area (Å²) in [5.41, 5.74) is 4.20. The summed E-state index contributed by atoms with van der Waals surface area (Å²) in [5.74, 6) is 0.732. The number of aryl methyl sites for hydroxylation is 1. The van der Waals surface area contributed by atoms with Crippen LogP contribution in [0.5, 0.6) is 0 Å². The summed E-state index contributed by atoms with van der Waals surface area (Å²) >= 11 is 0. The first-order chi connectivity index (χ1) is 10.7. The van der Waals surface area contributed by atoms with Crippen molar-refractivity contribution in [3.63, 3.8) is 0 Å². The number of carbonyl (C=O) groups is 1. The molecule has 0 radical (unpaired) electrons. The van der Waals surface area contributed by atoms with Gasteiger partial charge in [0.1, 0.15) is 5.82 Å². The van der Waals surface area contributed by atoms with Gasteiger partial charge in [0.05, 0.1) is 11.0 Å². The second-order valence-electron chi connectivity index (χ2n) is 5.29. The Morgan fingerprint density at radius 3 is 2.91 bits per heavy atom. The van der Waals surface area contributed by atoms with Crippen molar-refractivity contribution in [2.45, 2.75) is 6.92 Å². The van der Waals surface area contributed by atoms with E-state index in [0.717, 1.165) is 33.4 Å². The zero-order chi connectivity index (χ0) is 15.1. The molecule has 0 spiro atoms. The Bertz CT molecular complexity index is 996. The summed E-state index contributed by atoms with van der Waals surface area (Å²) in [6.45, 7) is 1.91. The van der Waals surface area contributed by atoms with E-state index in [2.05, 4.69) is 20.3 Å². The van der Waals surface area contributed by atoms with Crippen LogP contribution in [0.25, 0.3) is 21.9 Å². The van der Waals surface area contributed by atoms with E-state index in [-0.39, 0.29) is 5.91 Å². The third kappa shape index (κ3) is 2.13. The molecule has 0 aliphatic rings. The van der Waals surface area contributed by atoms with E-state index >= 15 is 0 Å². The fourth-order valence-electron chi connectivity index (χ4n) is 2.61. The lowest BCUT2D eigenvalue weighted by Crippen LogP contribution is -2.11. The van der Waals surface area contributed by atoms with Crippen molar-refractivity contribution >= 4 is 33.5 Å². The second-order valence-corrected chi connectivity index (χ2v) is 5.29. The number of nitrogens with one attached hydrogen (secondary N) is 3. The number of nitrogens with zero attached hydrogens (tertiary/aromatic N) is 1. The van der Waals surface area contributed by atoms with Crippen molar-refractivity contribution in [3.8, 4) is 0 Å². The lowest BCUT2D eigenvalue weighted by molar-refractivity contribution is 0.102. The zero-order valence-corrected chi connectivity index (χ0v) is 12.0. The van der Waals surface area contributed by atoms with Gasteiger partial charge >= 0.3 is 0 Å². The Kier molecular flexibility index (Phi) is 2.72. The smallest absolute Gasteiger partial charge is 0.255 e. The zero-order valence-electron chi connectivity index (χ0n) is 12.0. The molecule has 0 saturated heterocycles. The number of aromatic amines is 2. The summed E-state index contributed by atoms with van der Waals surface area (Å²) in [6.07, 6.45) is 1.86. The third-order valence-corrected chi connectivity index (χ3v) is 3.67. The summed E-state index contributed by atoms with van der Waals surface area (Å²) in [6, 6.07) is 13.2. The van der Waals surface area contributed by atoms with Crippen molar-refractivity contribution < 1.29 is 4.79 Å². The number of benzene rings is 2. The molecule has 5 heteroatoms. The quantitative estimate of drug-likeness (QED) is 0.527. The first-order valence-electron chi connectivity index (χ1n) is 7.04. The molecule has 22 heavy (non-hydrogen) atoms. The molecule has 0 unspecified atom stereocenters. The highest BCUT2D eigenvalue weighted by atomic mass is 16.1. The van der Waals surface area contributed by atoms with Crippen LogP contribution in [0.15, 0.2) is 48.7 Å². The first-order valence-corrected chi connectivity index (χ1v) is 7.04. The molecule has 1 amide bonds. The van der Waals surface area contributed by atoms with Gasteiger partial charge in [-0.25, -0.2) is 4.98 Å². The molecule has 2 aromatic heterocycles. The molecule has 0 bridgehead atoms. The van der Waals surface area contributed by atoms with Gasteiger partial charge in [-0.15, -0.1) is 0 Å². The maximum Gasteiger partial charge on any atom is 0.255 e.